The smallest absolute Gasteiger partial charge is 0.264 e. The molecule has 0 radical (unpaired) electrons. The molecular formula is C26H28N2O6S. The predicted molar refractivity (Wildman–Crippen MR) is 132 cm³/mol. The molecule has 9 heteroatoms. The highest BCUT2D eigenvalue weighted by atomic mass is 32.2. The minimum Gasteiger partial charge on any atom is -0.491 e. The third-order valence-corrected chi connectivity index (χ3v) is 7.01. The second kappa shape index (κ2) is 10.7. The average Bonchev–Trinajstić information content (AvgIpc) is 2.86. The molecule has 3 aromatic carbocycles. The van der Waals surface area contributed by atoms with E-state index in [9.17, 15) is 13.2 Å². The molecule has 1 aliphatic heterocycles. The van der Waals surface area contributed by atoms with Crippen LogP contribution in [-0.2, 0) is 21.4 Å². The number of rotatable bonds is 9. The lowest BCUT2D eigenvalue weighted by Gasteiger charge is -2.26. The largest absolute Gasteiger partial charge is 0.491 e. The lowest BCUT2D eigenvalue weighted by Crippen LogP contribution is -2.40. The van der Waals surface area contributed by atoms with Crippen LogP contribution in [-0.4, -0.2) is 40.2 Å². The van der Waals surface area contributed by atoms with Crippen molar-refractivity contribution in [3.63, 3.8) is 0 Å². The van der Waals surface area contributed by atoms with E-state index >= 15 is 0 Å². The molecule has 3 aromatic rings. The van der Waals surface area contributed by atoms with Crippen molar-refractivity contribution >= 4 is 21.6 Å². The molecule has 0 bridgehead atoms. The van der Waals surface area contributed by atoms with E-state index < -0.39 is 22.5 Å². The highest BCUT2D eigenvalue weighted by Crippen LogP contribution is 2.35. The van der Waals surface area contributed by atoms with Crippen molar-refractivity contribution in [1.82, 2.24) is 5.32 Å². The minimum absolute atomic E-state index is 0.0682. The van der Waals surface area contributed by atoms with Gasteiger partial charge in [-0.25, -0.2) is 8.42 Å². The standard InChI is InChI=1S/C26H28N2O6S/c1-19(2)34-22-11-8-20(9-12-22)17-27-26(29)18-28(35(30,31)23-6-4-3-5-7-23)21-10-13-24-25(16-21)33-15-14-32-24/h3-13,16,19H,14-15,17-18H2,1-2H3,(H,27,29). The van der Waals surface area contributed by atoms with Crippen molar-refractivity contribution in [1.29, 1.82) is 0 Å². The molecule has 0 unspecified atom stereocenters. The van der Waals surface area contributed by atoms with Crippen molar-refractivity contribution in [2.24, 2.45) is 0 Å². The first-order valence-electron chi connectivity index (χ1n) is 11.3. The number of nitrogens with zero attached hydrogens (tertiary/aromatic N) is 1. The van der Waals surface area contributed by atoms with E-state index in [1.807, 2.05) is 38.1 Å². The maximum atomic E-state index is 13.5. The maximum Gasteiger partial charge on any atom is 0.264 e. The van der Waals surface area contributed by atoms with Crippen LogP contribution in [0.3, 0.4) is 0 Å². The molecule has 4 rings (SSSR count). The molecule has 0 fully saturated rings. The number of carbonyl (C=O) groups excluding carboxylic acids is 1. The van der Waals surface area contributed by atoms with Gasteiger partial charge in [-0.2, -0.15) is 0 Å². The third-order valence-electron chi connectivity index (χ3n) is 5.22. The first-order chi connectivity index (χ1) is 16.8. The number of hydrogen-bond acceptors (Lipinski definition) is 6. The number of nitrogens with one attached hydrogen (secondary N) is 1. The second-order valence-corrected chi connectivity index (χ2v) is 10.1. The van der Waals surface area contributed by atoms with Gasteiger partial charge in [0.25, 0.3) is 10.0 Å². The molecule has 8 nitrogen and oxygen atoms in total. The summed E-state index contributed by atoms with van der Waals surface area (Å²) in [6.45, 7) is 4.54. The van der Waals surface area contributed by atoms with Crippen LogP contribution in [0.1, 0.15) is 19.4 Å². The number of hydrogen-bond donors (Lipinski definition) is 1. The number of sulfonamides is 1. The van der Waals surface area contributed by atoms with Gasteiger partial charge in [-0.3, -0.25) is 9.10 Å². The van der Waals surface area contributed by atoms with E-state index in [4.69, 9.17) is 14.2 Å². The van der Waals surface area contributed by atoms with Crippen LogP contribution in [0, 0.1) is 0 Å². The molecular weight excluding hydrogens is 468 g/mol. The number of anilines is 1. The highest BCUT2D eigenvalue weighted by Gasteiger charge is 2.28. The summed E-state index contributed by atoms with van der Waals surface area (Å²) in [6, 6.07) is 20.2. The van der Waals surface area contributed by atoms with E-state index in [0.717, 1.165) is 15.6 Å². The number of carbonyl (C=O) groups is 1. The van der Waals surface area contributed by atoms with E-state index in [1.54, 1.807) is 36.4 Å². The molecule has 0 saturated carbocycles. The summed E-state index contributed by atoms with van der Waals surface area (Å²) in [5.41, 5.74) is 1.18. The quantitative estimate of drug-likeness (QED) is 0.485. The van der Waals surface area contributed by atoms with Gasteiger partial charge in [-0.1, -0.05) is 30.3 Å². The third kappa shape index (κ3) is 6.05. The molecule has 1 heterocycles. The Bertz CT molecular complexity index is 1260. The fraction of sp³-hybridized carbons (Fsp3) is 0.269. The van der Waals surface area contributed by atoms with Crippen molar-refractivity contribution in [2.75, 3.05) is 24.1 Å². The number of amides is 1. The van der Waals surface area contributed by atoms with Gasteiger partial charge in [0.05, 0.1) is 16.7 Å². The molecule has 0 spiro atoms. The van der Waals surface area contributed by atoms with Crippen LogP contribution < -0.4 is 23.8 Å². The van der Waals surface area contributed by atoms with Crippen LogP contribution in [0.15, 0.2) is 77.7 Å². The van der Waals surface area contributed by atoms with E-state index in [1.165, 1.54) is 12.1 Å². The molecule has 0 aromatic heterocycles. The molecule has 35 heavy (non-hydrogen) atoms. The molecule has 184 valence electrons. The second-order valence-electron chi connectivity index (χ2n) is 8.24. The van der Waals surface area contributed by atoms with E-state index in [0.29, 0.717) is 30.4 Å². The first kappa shape index (κ1) is 24.4. The highest BCUT2D eigenvalue weighted by molar-refractivity contribution is 7.92. The fourth-order valence-corrected chi connectivity index (χ4v) is 5.00. The Labute approximate surface area is 205 Å². The monoisotopic (exact) mass is 496 g/mol. The van der Waals surface area contributed by atoms with Crippen LogP contribution in [0.2, 0.25) is 0 Å². The Morgan fingerprint density at radius 2 is 1.66 bits per heavy atom. The minimum atomic E-state index is -4.02. The topological polar surface area (TPSA) is 94.2 Å². The predicted octanol–water partition coefficient (Wildman–Crippen LogP) is 3.76. The Kier molecular flexibility index (Phi) is 7.45. The fourth-order valence-electron chi connectivity index (χ4n) is 3.57. The number of ether oxygens (including phenoxy) is 3. The Morgan fingerprint density at radius 1 is 0.971 bits per heavy atom. The SMILES string of the molecule is CC(C)Oc1ccc(CNC(=O)CN(c2ccc3c(c2)OCCO3)S(=O)(=O)c2ccccc2)cc1. The molecule has 0 saturated heterocycles. The van der Waals surface area contributed by atoms with Gasteiger partial charge in [-0.05, 0) is 55.8 Å². The van der Waals surface area contributed by atoms with E-state index in [-0.39, 0.29) is 17.5 Å². The molecule has 1 N–H and O–H groups in total. The molecule has 0 aliphatic carbocycles. The van der Waals surface area contributed by atoms with Crippen LogP contribution in [0.25, 0.3) is 0 Å². The van der Waals surface area contributed by atoms with Gasteiger partial charge in [0.2, 0.25) is 5.91 Å². The lowest BCUT2D eigenvalue weighted by atomic mass is 10.2. The van der Waals surface area contributed by atoms with Crippen molar-refractivity contribution in [3.8, 4) is 17.2 Å². The summed E-state index contributed by atoms with van der Waals surface area (Å²) in [6.07, 6.45) is 0.0682. The lowest BCUT2D eigenvalue weighted by molar-refractivity contribution is -0.119. The molecule has 1 aliphatic rings. The summed E-state index contributed by atoms with van der Waals surface area (Å²) in [5, 5.41) is 2.80. The number of fused-ring (bicyclic) bond motifs is 1. The van der Waals surface area contributed by atoms with Crippen LogP contribution in [0.5, 0.6) is 17.2 Å². The van der Waals surface area contributed by atoms with Gasteiger partial charge in [0.1, 0.15) is 25.5 Å². The zero-order chi connectivity index (χ0) is 24.8. The van der Waals surface area contributed by atoms with Gasteiger partial charge >= 0.3 is 0 Å². The zero-order valence-electron chi connectivity index (χ0n) is 19.6. The van der Waals surface area contributed by atoms with E-state index in [2.05, 4.69) is 5.32 Å². The summed E-state index contributed by atoms with van der Waals surface area (Å²) in [4.78, 5) is 13.0. The molecule has 0 atom stereocenters. The van der Waals surface area contributed by atoms with Gasteiger partial charge in [0, 0.05) is 12.6 Å². The Morgan fingerprint density at radius 3 is 2.34 bits per heavy atom. The van der Waals surface area contributed by atoms with Gasteiger partial charge < -0.3 is 19.5 Å². The average molecular weight is 497 g/mol. The summed E-state index contributed by atoms with van der Waals surface area (Å²) >= 11 is 0. The van der Waals surface area contributed by atoms with Crippen molar-refractivity contribution in [2.45, 2.75) is 31.4 Å². The normalized spacial score (nSPS) is 12.8. The molecule has 1 amide bonds. The summed E-state index contributed by atoms with van der Waals surface area (Å²) in [7, 11) is -4.02. The zero-order valence-corrected chi connectivity index (χ0v) is 20.5. The first-order valence-corrected chi connectivity index (χ1v) is 12.8. The number of benzene rings is 3. The maximum absolute atomic E-state index is 13.5. The Balaban J connectivity index is 1.53. The van der Waals surface area contributed by atoms with Crippen molar-refractivity contribution in [3.05, 3.63) is 78.4 Å². The van der Waals surface area contributed by atoms with Crippen LogP contribution in [0.4, 0.5) is 5.69 Å². The summed E-state index contributed by atoms with van der Waals surface area (Å²) in [5.74, 6) is 1.27. The summed E-state index contributed by atoms with van der Waals surface area (Å²) < 4.78 is 44.9. The van der Waals surface area contributed by atoms with Crippen LogP contribution >= 0.6 is 0 Å². The van der Waals surface area contributed by atoms with Gasteiger partial charge in [-0.15, -0.1) is 0 Å². The van der Waals surface area contributed by atoms with Crippen molar-refractivity contribution < 1.29 is 27.4 Å². The Hall–Kier alpha value is -3.72. The van der Waals surface area contributed by atoms with Gasteiger partial charge in [0.15, 0.2) is 11.5 Å².